The van der Waals surface area contributed by atoms with E-state index in [0.29, 0.717) is 6.16 Å². The third kappa shape index (κ3) is 2.38. The zero-order chi connectivity index (χ0) is 6.57. The Balaban J connectivity index is 3.83. The molecule has 0 heterocycles. The quantitative estimate of drug-likeness (QED) is 0.488. The number of hydrogen-bond donors (Lipinski definition) is 2. The maximum absolute atomic E-state index is 10.5. The molecular formula is C4H10NO2P. The summed E-state index contributed by atoms with van der Waals surface area (Å²) >= 11 is 0. The van der Waals surface area contributed by atoms with Crippen molar-refractivity contribution in [2.24, 2.45) is 5.73 Å². The Morgan fingerprint density at radius 3 is 2.50 bits per heavy atom. The molecule has 3 nitrogen and oxygen atoms in total. The number of hydrogen-bond acceptors (Lipinski definition) is 2. The Bertz CT molecular complexity index is 90.2. The lowest BCUT2D eigenvalue weighted by Crippen LogP contribution is -2.15. The summed E-state index contributed by atoms with van der Waals surface area (Å²) in [5.41, 5.74) is 4.90. The fourth-order valence-electron chi connectivity index (χ4n) is 0.284. The van der Waals surface area contributed by atoms with Gasteiger partial charge in [0.15, 0.2) is 0 Å². The van der Waals surface area contributed by atoms with Crippen molar-refractivity contribution in [2.75, 3.05) is 12.7 Å². The number of aliphatic hydroxyl groups is 1. The molecule has 0 aliphatic carbocycles. The monoisotopic (exact) mass is 135 g/mol. The summed E-state index contributed by atoms with van der Waals surface area (Å²) in [6, 6.07) is 0. The average Bonchev–Trinajstić information content (AvgIpc) is 1.84. The summed E-state index contributed by atoms with van der Waals surface area (Å²) in [5, 5.41) is 8.63. The van der Waals surface area contributed by atoms with Gasteiger partial charge in [-0.15, -0.1) is 0 Å². The van der Waals surface area contributed by atoms with Gasteiger partial charge in [-0.2, -0.15) is 0 Å². The lowest BCUT2D eigenvalue weighted by atomic mass is 10.7. The van der Waals surface area contributed by atoms with E-state index in [1.807, 2.05) is 0 Å². The normalized spacial score (nSPS) is 13.5. The highest BCUT2D eigenvalue weighted by Crippen LogP contribution is 2.08. The second-order valence-electron chi connectivity index (χ2n) is 1.32. The van der Waals surface area contributed by atoms with Crippen LogP contribution in [0.5, 0.6) is 0 Å². The molecule has 0 bridgehead atoms. The molecule has 1 unspecified atom stereocenters. The van der Waals surface area contributed by atoms with E-state index in [9.17, 15) is 4.89 Å². The molecule has 0 spiro atoms. The lowest BCUT2D eigenvalue weighted by molar-refractivity contribution is -0.153. The van der Waals surface area contributed by atoms with Gasteiger partial charge in [0, 0.05) is 0 Å². The summed E-state index contributed by atoms with van der Waals surface area (Å²) < 4.78 is 0. The maximum atomic E-state index is 10.5. The van der Waals surface area contributed by atoms with Crippen LogP contribution in [-0.2, 0) is 0 Å². The molecule has 1 atom stereocenters. The van der Waals surface area contributed by atoms with E-state index >= 15 is 0 Å². The van der Waals surface area contributed by atoms with Gasteiger partial charge >= 0.3 is 0 Å². The molecule has 0 radical (unpaired) electrons. The Morgan fingerprint density at radius 1 is 1.88 bits per heavy atom. The molecule has 0 aromatic rings. The van der Waals surface area contributed by atoms with Crippen LogP contribution in [0.25, 0.3) is 0 Å². The van der Waals surface area contributed by atoms with Gasteiger partial charge in [0.1, 0.15) is 6.16 Å². The molecule has 0 saturated carbocycles. The van der Waals surface area contributed by atoms with E-state index in [1.165, 1.54) is 0 Å². The largest absolute Gasteiger partial charge is 0.629 e. The third-order valence-corrected chi connectivity index (χ3v) is 2.09. The van der Waals surface area contributed by atoms with Crippen molar-refractivity contribution in [3.63, 3.8) is 0 Å². The highest BCUT2D eigenvalue weighted by atomic mass is 31.1. The van der Waals surface area contributed by atoms with Crippen LogP contribution in [0.3, 0.4) is 0 Å². The van der Waals surface area contributed by atoms with E-state index in [2.05, 4.69) is 0 Å². The Morgan fingerprint density at radius 2 is 2.38 bits per heavy atom. The zero-order valence-corrected chi connectivity index (χ0v) is 5.69. The molecule has 0 rings (SSSR count). The fraction of sp³-hybridized carbons (Fsp3) is 0.750. The number of nitrogens with two attached hydrogens (primary N) is 1. The van der Waals surface area contributed by atoms with Crippen molar-refractivity contribution in [1.82, 2.24) is 0 Å². The van der Waals surface area contributed by atoms with Crippen LogP contribution in [0.2, 0.25) is 0 Å². The smallest absolute Gasteiger partial charge is 0.232 e. The van der Waals surface area contributed by atoms with Gasteiger partial charge in [0.05, 0.1) is 14.3 Å². The van der Waals surface area contributed by atoms with Crippen molar-refractivity contribution < 1.29 is 10.00 Å². The molecule has 0 aromatic carbocycles. The fourth-order valence-corrected chi connectivity index (χ4v) is 0.853. The summed E-state index contributed by atoms with van der Waals surface area (Å²) in [7, 11) is -1.54. The van der Waals surface area contributed by atoms with Gasteiger partial charge in [-0.05, 0) is 6.92 Å². The molecule has 0 aliphatic heterocycles. The minimum Gasteiger partial charge on any atom is -0.629 e. The van der Waals surface area contributed by atoms with Crippen LogP contribution in [0.4, 0.5) is 0 Å². The van der Waals surface area contributed by atoms with Gasteiger partial charge in [0.25, 0.3) is 0 Å². The van der Waals surface area contributed by atoms with Gasteiger partial charge in [-0.1, -0.05) is 0 Å². The summed E-state index contributed by atoms with van der Waals surface area (Å²) in [5.74, 6) is 0. The molecule has 0 amide bonds. The van der Waals surface area contributed by atoms with Crippen LogP contribution in [0, 0.1) is 0 Å². The van der Waals surface area contributed by atoms with E-state index in [4.69, 9.17) is 10.8 Å². The molecule has 48 valence electrons. The Hall–Kier alpha value is 0.0500. The van der Waals surface area contributed by atoms with Crippen LogP contribution in [0.1, 0.15) is 6.92 Å². The first-order valence-corrected chi connectivity index (χ1v) is 3.86. The van der Waals surface area contributed by atoms with Crippen molar-refractivity contribution >= 4 is 13.3 Å². The van der Waals surface area contributed by atoms with Gasteiger partial charge in [-0.25, -0.2) is 0 Å². The molecule has 8 heavy (non-hydrogen) atoms. The van der Waals surface area contributed by atoms with Crippen molar-refractivity contribution in [3.8, 4) is 0 Å². The lowest BCUT2D eigenvalue weighted by Gasteiger charge is -1.94. The zero-order valence-electron chi connectivity index (χ0n) is 4.79. The van der Waals surface area contributed by atoms with E-state index in [0.717, 1.165) is 0 Å². The molecule has 0 fully saturated rings. The highest BCUT2D eigenvalue weighted by Gasteiger charge is 1.98. The minimum atomic E-state index is -1.54. The van der Waals surface area contributed by atoms with Gasteiger partial charge < -0.3 is 15.7 Å². The number of rotatable bonds is 2. The SMILES string of the molecule is CC/[P+]([O-])=C(\O)CN. The highest BCUT2D eigenvalue weighted by molar-refractivity contribution is 7.51. The van der Waals surface area contributed by atoms with Crippen molar-refractivity contribution in [1.29, 1.82) is 0 Å². The number of aliphatic hydroxyl groups excluding tert-OH is 1. The predicted molar refractivity (Wildman–Crippen MR) is 33.5 cm³/mol. The predicted octanol–water partition coefficient (Wildman–Crippen LogP) is -0.775. The van der Waals surface area contributed by atoms with E-state index in [-0.39, 0.29) is 12.0 Å². The van der Waals surface area contributed by atoms with Gasteiger partial charge in [0.2, 0.25) is 5.48 Å². The first kappa shape index (κ1) is 8.05. The molecule has 0 aromatic heterocycles. The molecule has 3 N–H and O–H groups in total. The van der Waals surface area contributed by atoms with Crippen LogP contribution in [-0.4, -0.2) is 23.3 Å². The maximum Gasteiger partial charge on any atom is 0.232 e. The third-order valence-electron chi connectivity index (χ3n) is 0.758. The van der Waals surface area contributed by atoms with Crippen LogP contribution >= 0.6 is 7.77 Å². The Kier molecular flexibility index (Phi) is 4.01. The second kappa shape index (κ2) is 3.98. The molecule has 0 saturated heterocycles. The topological polar surface area (TPSA) is 69.3 Å². The van der Waals surface area contributed by atoms with Crippen molar-refractivity contribution in [2.45, 2.75) is 6.92 Å². The van der Waals surface area contributed by atoms with Crippen LogP contribution < -0.4 is 10.6 Å². The Labute approximate surface area is 49.6 Å². The second-order valence-corrected chi connectivity index (χ2v) is 3.22. The molecule has 4 heteroatoms. The average molecular weight is 135 g/mol. The summed E-state index contributed by atoms with van der Waals surface area (Å²) in [6.45, 7) is 1.76. The van der Waals surface area contributed by atoms with Crippen molar-refractivity contribution in [3.05, 3.63) is 0 Å². The first-order valence-electron chi connectivity index (χ1n) is 2.41. The minimum absolute atomic E-state index is 0.0169. The summed E-state index contributed by atoms with van der Waals surface area (Å²) in [4.78, 5) is 10.5. The van der Waals surface area contributed by atoms with E-state index in [1.54, 1.807) is 6.92 Å². The summed E-state index contributed by atoms with van der Waals surface area (Å²) in [6.07, 6.45) is 0.471. The molecule has 0 aliphatic rings. The molecular weight excluding hydrogens is 125 g/mol. The van der Waals surface area contributed by atoms with Crippen LogP contribution in [0.15, 0.2) is 0 Å². The standard InChI is InChI=1S/C4H10NO2P/c1-2-8(7)4(6)3-5/h6H,2-3,5H2,1H3. The van der Waals surface area contributed by atoms with Gasteiger partial charge in [-0.3, -0.25) is 0 Å². The van der Waals surface area contributed by atoms with E-state index < -0.39 is 7.77 Å². The first-order chi connectivity index (χ1) is 3.72.